The molecular weight excluding hydrogens is 290 g/mol. The van der Waals surface area contributed by atoms with Crippen molar-refractivity contribution in [2.75, 3.05) is 5.32 Å². The molecule has 11 heteroatoms. The minimum atomic E-state index is -1.81. The Labute approximate surface area is 116 Å². The van der Waals surface area contributed by atoms with Crippen LogP contribution in [0.5, 0.6) is 0 Å². The Hall–Kier alpha value is -3.24. The number of aliphatic carboxylic acids is 2. The number of carbonyl (C=O) groups is 2. The number of benzene rings is 1. The zero-order chi connectivity index (χ0) is 16.2. The van der Waals surface area contributed by atoms with Gasteiger partial charge in [-0.1, -0.05) is 0 Å². The van der Waals surface area contributed by atoms with Crippen molar-refractivity contribution in [3.05, 3.63) is 38.4 Å². The summed E-state index contributed by atoms with van der Waals surface area (Å²) in [6, 6.07) is 0.644. The monoisotopic (exact) mass is 297 g/mol. The van der Waals surface area contributed by atoms with Crippen LogP contribution in [0, 0.1) is 20.2 Å². The van der Waals surface area contributed by atoms with Crippen LogP contribution in [0.1, 0.15) is 6.42 Å². The van der Waals surface area contributed by atoms with Gasteiger partial charge in [-0.15, -0.1) is 0 Å². The molecule has 1 aromatic carbocycles. The van der Waals surface area contributed by atoms with Crippen molar-refractivity contribution in [2.45, 2.75) is 12.5 Å². The smallest absolute Gasteiger partial charge is 0.299 e. The normalized spacial score (nSPS) is 11.4. The average molecular weight is 297 g/mol. The van der Waals surface area contributed by atoms with Crippen LogP contribution in [0.3, 0.4) is 0 Å². The summed E-state index contributed by atoms with van der Waals surface area (Å²) >= 11 is 0. The number of non-ortho nitro benzene ring substituents is 1. The first-order chi connectivity index (χ1) is 9.72. The first kappa shape index (κ1) is 15.8. The summed E-state index contributed by atoms with van der Waals surface area (Å²) < 4.78 is 0. The van der Waals surface area contributed by atoms with Gasteiger partial charge in [-0.3, -0.25) is 20.2 Å². The van der Waals surface area contributed by atoms with Crippen LogP contribution >= 0.6 is 0 Å². The number of anilines is 1. The molecule has 0 aliphatic heterocycles. The molecule has 0 saturated carbocycles. The number of nitro groups is 2. The zero-order valence-corrected chi connectivity index (χ0v) is 10.2. The summed E-state index contributed by atoms with van der Waals surface area (Å²) in [5.41, 5.74) is -1.73. The standard InChI is InChI=1S/C10H9N3O8/c14-9(15)4-7(10(16)17)11-6-2-1-5(12(18)19)3-8(6)13(20)21/h1-3,7,11H,4H2,(H,14,15)(H,16,17)/p-2. The minimum Gasteiger partial charge on any atom is -0.550 e. The maximum absolute atomic E-state index is 10.8. The van der Waals surface area contributed by atoms with Gasteiger partial charge in [0.2, 0.25) is 0 Å². The van der Waals surface area contributed by atoms with Crippen molar-refractivity contribution in [3.8, 4) is 0 Å². The van der Waals surface area contributed by atoms with Gasteiger partial charge in [-0.2, -0.15) is 0 Å². The number of carboxylic acid groups (broad SMARTS) is 2. The van der Waals surface area contributed by atoms with Crippen molar-refractivity contribution in [3.63, 3.8) is 0 Å². The van der Waals surface area contributed by atoms with E-state index in [0.29, 0.717) is 6.07 Å². The first-order valence-corrected chi connectivity index (χ1v) is 5.32. The molecule has 11 nitrogen and oxygen atoms in total. The molecule has 1 aromatic rings. The molecule has 0 saturated heterocycles. The van der Waals surface area contributed by atoms with Gasteiger partial charge in [0, 0.05) is 18.5 Å². The van der Waals surface area contributed by atoms with Crippen molar-refractivity contribution in [1.82, 2.24) is 0 Å². The van der Waals surface area contributed by atoms with Crippen molar-refractivity contribution < 1.29 is 29.6 Å². The molecule has 0 aliphatic rings. The Morgan fingerprint density at radius 3 is 2.19 bits per heavy atom. The summed E-state index contributed by atoms with van der Waals surface area (Å²) in [4.78, 5) is 40.7. The molecule has 112 valence electrons. The maximum Gasteiger partial charge on any atom is 0.299 e. The van der Waals surface area contributed by atoms with Gasteiger partial charge in [0.15, 0.2) is 0 Å². The minimum absolute atomic E-state index is 0.388. The molecule has 0 fully saturated rings. The van der Waals surface area contributed by atoms with E-state index in [1.807, 2.05) is 0 Å². The van der Waals surface area contributed by atoms with Crippen LogP contribution in [0.15, 0.2) is 18.2 Å². The molecule has 1 atom stereocenters. The number of nitro benzene ring substituents is 2. The number of nitrogens with one attached hydrogen (secondary N) is 1. The molecule has 0 bridgehead atoms. The van der Waals surface area contributed by atoms with E-state index in [2.05, 4.69) is 5.32 Å². The fraction of sp³-hybridized carbons (Fsp3) is 0.200. The molecule has 21 heavy (non-hydrogen) atoms. The molecular formula is C10H7N3O8-2. The van der Waals surface area contributed by atoms with Crippen LogP contribution in [0.4, 0.5) is 17.1 Å². The number of nitrogens with zero attached hydrogens (tertiary/aromatic N) is 2. The summed E-state index contributed by atoms with van der Waals surface area (Å²) in [5, 5.41) is 44.6. The summed E-state index contributed by atoms with van der Waals surface area (Å²) in [6.45, 7) is 0. The molecule has 0 aromatic heterocycles. The molecule has 0 radical (unpaired) electrons. The van der Waals surface area contributed by atoms with Crippen LogP contribution in [-0.2, 0) is 9.59 Å². The predicted octanol–water partition coefficient (Wildman–Crippen LogP) is -1.83. The molecule has 0 aliphatic carbocycles. The third-order valence-corrected chi connectivity index (χ3v) is 2.37. The second-order valence-electron chi connectivity index (χ2n) is 3.81. The van der Waals surface area contributed by atoms with Gasteiger partial charge >= 0.3 is 0 Å². The highest BCUT2D eigenvalue weighted by Gasteiger charge is 2.22. The largest absolute Gasteiger partial charge is 0.550 e. The lowest BCUT2D eigenvalue weighted by Gasteiger charge is -2.21. The fourth-order valence-corrected chi connectivity index (χ4v) is 1.45. The first-order valence-electron chi connectivity index (χ1n) is 5.32. The van der Waals surface area contributed by atoms with Gasteiger partial charge in [-0.05, 0) is 6.07 Å². The Bertz CT molecular complexity index is 614. The molecule has 1 unspecified atom stereocenters. The SMILES string of the molecule is O=C([O-])CC(Nc1ccc([N+](=O)[O-])cc1[N+](=O)[O-])C(=O)[O-]. The Balaban J connectivity index is 3.16. The van der Waals surface area contributed by atoms with Gasteiger partial charge in [-0.25, -0.2) is 0 Å². The lowest BCUT2D eigenvalue weighted by atomic mass is 10.1. The molecule has 0 amide bonds. The molecule has 1 N–H and O–H groups in total. The molecule has 1 rings (SSSR count). The van der Waals surface area contributed by atoms with Gasteiger partial charge in [0.25, 0.3) is 11.4 Å². The van der Waals surface area contributed by atoms with E-state index in [4.69, 9.17) is 0 Å². The van der Waals surface area contributed by atoms with Crippen LogP contribution in [-0.4, -0.2) is 27.8 Å². The van der Waals surface area contributed by atoms with Crippen molar-refractivity contribution >= 4 is 29.0 Å². The molecule has 0 heterocycles. The number of rotatable bonds is 7. The molecule has 0 spiro atoms. The van der Waals surface area contributed by atoms with Gasteiger partial charge < -0.3 is 25.1 Å². The van der Waals surface area contributed by atoms with E-state index in [1.54, 1.807) is 0 Å². The summed E-state index contributed by atoms with van der Waals surface area (Å²) in [5.74, 6) is -3.52. The van der Waals surface area contributed by atoms with Crippen LogP contribution in [0.2, 0.25) is 0 Å². The van der Waals surface area contributed by atoms with E-state index < -0.39 is 45.6 Å². The topological polar surface area (TPSA) is 179 Å². The average Bonchev–Trinajstić information content (AvgIpc) is 2.37. The van der Waals surface area contributed by atoms with Gasteiger partial charge in [0.1, 0.15) is 5.69 Å². The highest BCUT2D eigenvalue weighted by atomic mass is 16.6. The Morgan fingerprint density at radius 1 is 1.14 bits per heavy atom. The highest BCUT2D eigenvalue weighted by molar-refractivity contribution is 5.82. The lowest BCUT2D eigenvalue weighted by Crippen LogP contribution is -2.44. The van der Waals surface area contributed by atoms with Crippen LogP contribution < -0.4 is 15.5 Å². The predicted molar refractivity (Wildman–Crippen MR) is 61.8 cm³/mol. The van der Waals surface area contributed by atoms with E-state index in [0.717, 1.165) is 12.1 Å². The number of carbonyl (C=O) groups excluding carboxylic acids is 2. The third-order valence-electron chi connectivity index (χ3n) is 2.37. The van der Waals surface area contributed by atoms with Crippen molar-refractivity contribution in [2.24, 2.45) is 0 Å². The quantitative estimate of drug-likeness (QED) is 0.447. The zero-order valence-electron chi connectivity index (χ0n) is 10.2. The second-order valence-corrected chi connectivity index (χ2v) is 3.81. The number of hydrogen-bond acceptors (Lipinski definition) is 9. The van der Waals surface area contributed by atoms with Crippen LogP contribution in [0.25, 0.3) is 0 Å². The van der Waals surface area contributed by atoms with Crippen molar-refractivity contribution in [1.29, 1.82) is 0 Å². The van der Waals surface area contributed by atoms with E-state index in [9.17, 15) is 40.0 Å². The lowest BCUT2D eigenvalue weighted by molar-refractivity contribution is -0.393. The summed E-state index contributed by atoms with van der Waals surface area (Å²) in [7, 11) is 0. The number of hydrogen-bond donors (Lipinski definition) is 1. The van der Waals surface area contributed by atoms with E-state index in [-0.39, 0.29) is 5.69 Å². The van der Waals surface area contributed by atoms with Gasteiger partial charge in [0.05, 0.1) is 27.9 Å². The number of carboxylic acids is 2. The second kappa shape index (κ2) is 6.27. The fourth-order valence-electron chi connectivity index (χ4n) is 1.45. The Kier molecular flexibility index (Phi) is 4.72. The van der Waals surface area contributed by atoms with E-state index in [1.165, 1.54) is 0 Å². The van der Waals surface area contributed by atoms with E-state index >= 15 is 0 Å². The summed E-state index contributed by atoms with van der Waals surface area (Å²) in [6.07, 6.45) is -0.990. The third kappa shape index (κ3) is 4.12. The Morgan fingerprint density at radius 2 is 1.76 bits per heavy atom. The maximum atomic E-state index is 10.8. The highest BCUT2D eigenvalue weighted by Crippen LogP contribution is 2.29.